The van der Waals surface area contributed by atoms with Crippen LogP contribution in [0.1, 0.15) is 30.0 Å². The predicted molar refractivity (Wildman–Crippen MR) is 105 cm³/mol. The molecule has 0 radical (unpaired) electrons. The van der Waals surface area contributed by atoms with Crippen LogP contribution >= 0.6 is 0 Å². The molecule has 0 spiro atoms. The maximum absolute atomic E-state index is 14.3. The summed E-state index contributed by atoms with van der Waals surface area (Å²) >= 11 is 0. The molecule has 3 rings (SSSR count). The normalized spacial score (nSPS) is 15.1. The summed E-state index contributed by atoms with van der Waals surface area (Å²) in [6.07, 6.45) is 2.73. The Labute approximate surface area is 162 Å². The number of carbonyl (C=O) groups is 1. The summed E-state index contributed by atoms with van der Waals surface area (Å²) in [4.78, 5) is 11.5. The molecule has 0 fully saturated rings. The molecule has 146 valence electrons. The van der Waals surface area contributed by atoms with Crippen molar-refractivity contribution in [3.8, 4) is 5.75 Å². The minimum Gasteiger partial charge on any atom is -0.494 e. The zero-order chi connectivity index (χ0) is 20.6. The number of fused-ring (bicyclic) bond motifs is 1. The van der Waals surface area contributed by atoms with Gasteiger partial charge in [0.25, 0.3) is 0 Å². The summed E-state index contributed by atoms with van der Waals surface area (Å²) < 4.78 is 42.6. The van der Waals surface area contributed by atoms with E-state index in [9.17, 15) is 22.7 Å². The summed E-state index contributed by atoms with van der Waals surface area (Å²) in [7, 11) is -1.95. The first-order valence-corrected chi connectivity index (χ1v) is 10.3. The lowest BCUT2D eigenvalue weighted by molar-refractivity contribution is -0.135. The Balaban J connectivity index is 2.15. The highest BCUT2D eigenvalue weighted by Crippen LogP contribution is 2.45. The molecule has 2 aromatic carbocycles. The predicted octanol–water partition coefficient (Wildman–Crippen LogP) is 4.04. The van der Waals surface area contributed by atoms with Gasteiger partial charge in [0.05, 0.1) is 18.4 Å². The Morgan fingerprint density at radius 1 is 1.18 bits per heavy atom. The Bertz CT molecular complexity index is 1130. The maximum atomic E-state index is 14.3. The van der Waals surface area contributed by atoms with Gasteiger partial charge in [-0.25, -0.2) is 12.8 Å². The molecule has 0 saturated heterocycles. The van der Waals surface area contributed by atoms with Crippen LogP contribution in [0.2, 0.25) is 0 Å². The molecule has 1 aliphatic rings. The van der Waals surface area contributed by atoms with Crippen molar-refractivity contribution in [3.63, 3.8) is 0 Å². The smallest absolute Gasteiger partial charge is 0.307 e. The van der Waals surface area contributed by atoms with Crippen molar-refractivity contribution in [2.24, 2.45) is 0 Å². The van der Waals surface area contributed by atoms with Gasteiger partial charge in [-0.1, -0.05) is 12.1 Å². The Morgan fingerprint density at radius 3 is 2.36 bits per heavy atom. The largest absolute Gasteiger partial charge is 0.494 e. The molecule has 0 bridgehead atoms. The monoisotopic (exact) mass is 402 g/mol. The molecular formula is C21H19FO5S. The number of carboxylic acid groups (broad SMARTS) is 1. The third-order valence-corrected chi connectivity index (χ3v) is 5.84. The van der Waals surface area contributed by atoms with E-state index < -0.39 is 21.6 Å². The molecule has 0 amide bonds. The molecule has 0 saturated carbocycles. The SMILES string of the molecule is COc1cc2c(cc1F)C(=Cc1ccc(S(C)(=O)=O)cc1)C(C)=C2CC(=O)O. The van der Waals surface area contributed by atoms with Gasteiger partial charge in [0.1, 0.15) is 0 Å². The number of hydrogen-bond donors (Lipinski definition) is 1. The molecule has 0 aromatic heterocycles. The molecule has 0 aliphatic heterocycles. The number of allylic oxidation sites excluding steroid dienone is 2. The van der Waals surface area contributed by atoms with Crippen molar-refractivity contribution in [3.05, 3.63) is 64.5 Å². The number of rotatable bonds is 5. The molecule has 5 nitrogen and oxygen atoms in total. The molecule has 1 N–H and O–H groups in total. The molecule has 0 unspecified atom stereocenters. The summed E-state index contributed by atoms with van der Waals surface area (Å²) in [5, 5.41) is 9.27. The highest BCUT2D eigenvalue weighted by Gasteiger charge is 2.27. The minimum atomic E-state index is -3.30. The molecular weight excluding hydrogens is 383 g/mol. The van der Waals surface area contributed by atoms with E-state index in [1.807, 2.05) is 0 Å². The lowest BCUT2D eigenvalue weighted by Gasteiger charge is -2.09. The van der Waals surface area contributed by atoms with Crippen molar-refractivity contribution in [2.75, 3.05) is 13.4 Å². The topological polar surface area (TPSA) is 80.7 Å². The van der Waals surface area contributed by atoms with Gasteiger partial charge in [-0.15, -0.1) is 0 Å². The van der Waals surface area contributed by atoms with E-state index in [1.54, 1.807) is 25.1 Å². The van der Waals surface area contributed by atoms with Crippen LogP contribution in [0.5, 0.6) is 5.75 Å². The van der Waals surface area contributed by atoms with Gasteiger partial charge in [-0.3, -0.25) is 4.79 Å². The van der Waals surface area contributed by atoms with Crippen molar-refractivity contribution in [1.82, 2.24) is 0 Å². The number of aliphatic carboxylic acids is 1. The van der Waals surface area contributed by atoms with Crippen LogP contribution in [-0.2, 0) is 14.6 Å². The second-order valence-electron chi connectivity index (χ2n) is 6.61. The average molecular weight is 402 g/mol. The summed E-state index contributed by atoms with van der Waals surface area (Å²) in [5.41, 5.74) is 3.95. The first kappa shape index (κ1) is 19.8. The van der Waals surface area contributed by atoms with Crippen LogP contribution in [0.25, 0.3) is 17.2 Å². The van der Waals surface area contributed by atoms with Crippen molar-refractivity contribution < 1.29 is 27.4 Å². The Morgan fingerprint density at radius 2 is 1.82 bits per heavy atom. The summed E-state index contributed by atoms with van der Waals surface area (Å²) in [6, 6.07) is 9.17. The van der Waals surface area contributed by atoms with Gasteiger partial charge in [-0.2, -0.15) is 0 Å². The van der Waals surface area contributed by atoms with Gasteiger partial charge >= 0.3 is 5.97 Å². The fourth-order valence-corrected chi connectivity index (χ4v) is 3.92. The maximum Gasteiger partial charge on any atom is 0.307 e. The lowest BCUT2D eigenvalue weighted by atomic mass is 10.00. The lowest BCUT2D eigenvalue weighted by Crippen LogP contribution is -1.98. The fourth-order valence-electron chi connectivity index (χ4n) is 3.29. The van der Waals surface area contributed by atoms with E-state index in [4.69, 9.17) is 4.74 Å². The van der Waals surface area contributed by atoms with E-state index in [0.717, 1.165) is 17.4 Å². The number of ether oxygens (including phenoxy) is 1. The van der Waals surface area contributed by atoms with Crippen LogP contribution in [-0.4, -0.2) is 32.9 Å². The van der Waals surface area contributed by atoms with E-state index in [1.165, 1.54) is 31.4 Å². The fraction of sp³-hybridized carbons (Fsp3) is 0.190. The summed E-state index contributed by atoms with van der Waals surface area (Å²) in [6.45, 7) is 1.79. The third-order valence-electron chi connectivity index (χ3n) is 4.71. The summed E-state index contributed by atoms with van der Waals surface area (Å²) in [5.74, 6) is -1.47. The molecule has 7 heteroatoms. The van der Waals surface area contributed by atoms with E-state index in [2.05, 4.69) is 0 Å². The number of halogens is 1. The number of carboxylic acids is 1. The first-order valence-electron chi connectivity index (χ1n) is 8.44. The minimum absolute atomic E-state index is 0.0493. The number of methoxy groups -OCH3 is 1. The van der Waals surface area contributed by atoms with Crippen molar-refractivity contribution >= 4 is 33.0 Å². The third kappa shape index (κ3) is 3.71. The second-order valence-corrected chi connectivity index (χ2v) is 8.62. The number of hydrogen-bond acceptors (Lipinski definition) is 4. The number of sulfone groups is 1. The van der Waals surface area contributed by atoms with Gasteiger partial charge in [0.2, 0.25) is 0 Å². The van der Waals surface area contributed by atoms with Gasteiger partial charge in [0, 0.05) is 6.26 Å². The van der Waals surface area contributed by atoms with Gasteiger partial charge < -0.3 is 9.84 Å². The molecule has 0 atom stereocenters. The van der Waals surface area contributed by atoms with E-state index in [0.29, 0.717) is 22.3 Å². The van der Waals surface area contributed by atoms with Crippen LogP contribution in [0.3, 0.4) is 0 Å². The Kier molecular flexibility index (Phi) is 5.12. The highest BCUT2D eigenvalue weighted by molar-refractivity contribution is 7.90. The Hall–Kier alpha value is -2.93. The van der Waals surface area contributed by atoms with Crippen LogP contribution in [0, 0.1) is 5.82 Å². The van der Waals surface area contributed by atoms with Gasteiger partial charge in [-0.05, 0) is 70.7 Å². The van der Waals surface area contributed by atoms with Gasteiger partial charge in [0.15, 0.2) is 21.4 Å². The average Bonchev–Trinajstić information content (AvgIpc) is 2.85. The zero-order valence-corrected chi connectivity index (χ0v) is 16.4. The van der Waals surface area contributed by atoms with Crippen molar-refractivity contribution in [1.29, 1.82) is 0 Å². The van der Waals surface area contributed by atoms with E-state index >= 15 is 0 Å². The molecule has 1 aliphatic carbocycles. The second kappa shape index (κ2) is 7.24. The van der Waals surface area contributed by atoms with Crippen LogP contribution in [0.4, 0.5) is 4.39 Å². The standard InChI is InChI=1S/C21H19FO5S/c1-12-15(8-13-4-6-14(7-5-13)28(3,25)26)17-9-19(22)20(27-2)10-18(17)16(12)11-21(23)24/h4-10H,11H2,1-3H3,(H,23,24). The first-order chi connectivity index (χ1) is 13.1. The molecule has 0 heterocycles. The zero-order valence-electron chi connectivity index (χ0n) is 15.6. The van der Waals surface area contributed by atoms with E-state index in [-0.39, 0.29) is 17.1 Å². The molecule has 2 aromatic rings. The van der Waals surface area contributed by atoms with Crippen molar-refractivity contribution in [2.45, 2.75) is 18.2 Å². The molecule has 28 heavy (non-hydrogen) atoms. The highest BCUT2D eigenvalue weighted by atomic mass is 32.2. The quantitative estimate of drug-likeness (QED) is 0.816. The van der Waals surface area contributed by atoms with Crippen LogP contribution in [0.15, 0.2) is 46.9 Å². The number of benzene rings is 2. The van der Waals surface area contributed by atoms with Crippen LogP contribution < -0.4 is 4.74 Å².